The molecule has 1 aromatic carbocycles. The van der Waals surface area contributed by atoms with Crippen molar-refractivity contribution in [3.63, 3.8) is 0 Å². The van der Waals surface area contributed by atoms with E-state index in [4.69, 9.17) is 4.74 Å². The van der Waals surface area contributed by atoms with E-state index in [1.807, 2.05) is 29.9 Å². The third-order valence-electron chi connectivity index (χ3n) is 4.75. The molecule has 0 atom stereocenters. The highest BCUT2D eigenvalue weighted by Gasteiger charge is 2.29. The molecule has 0 bridgehead atoms. The number of fused-ring (bicyclic) bond motifs is 1. The number of esters is 1. The van der Waals surface area contributed by atoms with E-state index in [1.165, 1.54) is 7.11 Å². The molecule has 0 saturated heterocycles. The number of benzene rings is 1. The summed E-state index contributed by atoms with van der Waals surface area (Å²) in [5.41, 5.74) is 0.993. The maximum atomic E-state index is 12.6. The first-order chi connectivity index (χ1) is 11.4. The molecular weight excluding hydrogens is 328 g/mol. The van der Waals surface area contributed by atoms with Crippen molar-refractivity contribution in [2.45, 2.75) is 36.6 Å². The lowest BCUT2D eigenvalue weighted by Gasteiger charge is -2.27. The number of rotatable bonds is 4. The Bertz CT molecular complexity index is 849. The highest BCUT2D eigenvalue weighted by atomic mass is 32.2. The number of aryl methyl sites for hydroxylation is 1. The van der Waals surface area contributed by atoms with Crippen LogP contribution in [0.2, 0.25) is 0 Å². The summed E-state index contributed by atoms with van der Waals surface area (Å²) in [6, 6.07) is 6.90. The highest BCUT2D eigenvalue weighted by Crippen LogP contribution is 2.27. The number of aromatic nitrogens is 1. The second-order valence-electron chi connectivity index (χ2n) is 6.34. The maximum absolute atomic E-state index is 12.6. The zero-order chi connectivity index (χ0) is 17.3. The van der Waals surface area contributed by atoms with Gasteiger partial charge in [-0.3, -0.25) is 4.79 Å². The Morgan fingerprint density at radius 3 is 2.58 bits per heavy atom. The number of hydrogen-bond acceptors (Lipinski definition) is 4. The lowest BCUT2D eigenvalue weighted by molar-refractivity contribution is -0.146. The molecule has 1 fully saturated rings. The summed E-state index contributed by atoms with van der Waals surface area (Å²) in [5.74, 6) is -0.317. The molecule has 6 nitrogen and oxygen atoms in total. The minimum absolute atomic E-state index is 0.114. The van der Waals surface area contributed by atoms with Gasteiger partial charge in [-0.05, 0) is 49.9 Å². The van der Waals surface area contributed by atoms with Gasteiger partial charge in [-0.15, -0.1) is 0 Å². The van der Waals surface area contributed by atoms with Gasteiger partial charge in [-0.2, -0.15) is 0 Å². The van der Waals surface area contributed by atoms with Crippen LogP contribution in [-0.4, -0.2) is 32.1 Å². The Balaban J connectivity index is 1.70. The lowest BCUT2D eigenvalue weighted by atomic mass is 9.86. The molecule has 1 saturated carbocycles. The van der Waals surface area contributed by atoms with Crippen LogP contribution < -0.4 is 4.72 Å². The molecule has 0 amide bonds. The van der Waals surface area contributed by atoms with Crippen LogP contribution >= 0.6 is 0 Å². The van der Waals surface area contributed by atoms with Crippen LogP contribution in [0.5, 0.6) is 0 Å². The van der Waals surface area contributed by atoms with Crippen LogP contribution in [0.1, 0.15) is 25.7 Å². The van der Waals surface area contributed by atoms with E-state index in [0.717, 1.165) is 10.9 Å². The Morgan fingerprint density at radius 1 is 1.21 bits per heavy atom. The summed E-state index contributed by atoms with van der Waals surface area (Å²) >= 11 is 0. The standard InChI is InChI=1S/C17H22N2O4S/c1-19-10-9-13-11-15(7-8-16(13)19)24(21,22)18-14-5-3-12(4-6-14)17(20)23-2/h7-12,14,18H,3-6H2,1-2H3. The van der Waals surface area contributed by atoms with E-state index in [1.54, 1.807) is 12.1 Å². The van der Waals surface area contributed by atoms with Gasteiger partial charge in [0.25, 0.3) is 0 Å². The molecule has 1 aliphatic carbocycles. The predicted octanol–water partition coefficient (Wildman–Crippen LogP) is 2.19. The third kappa shape index (κ3) is 3.32. The van der Waals surface area contributed by atoms with E-state index < -0.39 is 10.0 Å². The molecule has 2 aromatic rings. The van der Waals surface area contributed by atoms with Gasteiger partial charge >= 0.3 is 5.97 Å². The van der Waals surface area contributed by atoms with Crippen molar-refractivity contribution in [1.82, 2.24) is 9.29 Å². The number of hydrogen-bond donors (Lipinski definition) is 1. The maximum Gasteiger partial charge on any atom is 0.308 e. The summed E-state index contributed by atoms with van der Waals surface area (Å²) < 4.78 is 34.7. The van der Waals surface area contributed by atoms with Crippen LogP contribution in [0.15, 0.2) is 35.4 Å². The number of nitrogens with one attached hydrogen (secondary N) is 1. The number of ether oxygens (including phenoxy) is 1. The average molecular weight is 350 g/mol. The fourth-order valence-electron chi connectivity index (χ4n) is 3.33. The van der Waals surface area contributed by atoms with Gasteiger partial charge in [0.2, 0.25) is 10.0 Å². The number of sulfonamides is 1. The minimum atomic E-state index is -3.56. The summed E-state index contributed by atoms with van der Waals surface area (Å²) in [5, 5.41) is 0.898. The molecule has 0 spiro atoms. The van der Waals surface area contributed by atoms with Gasteiger partial charge in [0.05, 0.1) is 17.9 Å². The fourth-order valence-corrected chi connectivity index (χ4v) is 4.67. The zero-order valence-electron chi connectivity index (χ0n) is 13.9. The minimum Gasteiger partial charge on any atom is -0.469 e. The monoisotopic (exact) mass is 350 g/mol. The second-order valence-corrected chi connectivity index (χ2v) is 8.05. The normalized spacial score (nSPS) is 21.8. The van der Waals surface area contributed by atoms with E-state index in [9.17, 15) is 13.2 Å². The van der Waals surface area contributed by atoms with Crippen molar-refractivity contribution in [3.05, 3.63) is 30.5 Å². The van der Waals surface area contributed by atoms with Gasteiger partial charge in [0.1, 0.15) is 0 Å². The number of methoxy groups -OCH3 is 1. The number of carbonyl (C=O) groups excluding carboxylic acids is 1. The lowest BCUT2D eigenvalue weighted by Crippen LogP contribution is -2.38. The third-order valence-corrected chi connectivity index (χ3v) is 6.27. The van der Waals surface area contributed by atoms with Crippen molar-refractivity contribution in [3.8, 4) is 0 Å². The van der Waals surface area contributed by atoms with Crippen LogP contribution in [-0.2, 0) is 26.6 Å². The fraction of sp³-hybridized carbons (Fsp3) is 0.471. The predicted molar refractivity (Wildman–Crippen MR) is 91.0 cm³/mol. The molecule has 0 unspecified atom stereocenters. The molecule has 0 aliphatic heterocycles. The topological polar surface area (TPSA) is 77.4 Å². The Kier molecular flexibility index (Phi) is 4.64. The number of nitrogens with zero attached hydrogens (tertiary/aromatic N) is 1. The van der Waals surface area contributed by atoms with Crippen molar-refractivity contribution in [1.29, 1.82) is 0 Å². The molecule has 1 aromatic heterocycles. The average Bonchev–Trinajstić information content (AvgIpc) is 2.95. The molecule has 130 valence electrons. The summed E-state index contributed by atoms with van der Waals surface area (Å²) in [6.45, 7) is 0. The van der Waals surface area contributed by atoms with Gasteiger partial charge in [-0.1, -0.05) is 0 Å². The van der Waals surface area contributed by atoms with Crippen LogP contribution in [0.4, 0.5) is 0 Å². The summed E-state index contributed by atoms with van der Waals surface area (Å²) in [6.07, 6.45) is 4.50. The molecule has 3 rings (SSSR count). The first-order valence-electron chi connectivity index (χ1n) is 8.06. The molecule has 24 heavy (non-hydrogen) atoms. The summed E-state index contributed by atoms with van der Waals surface area (Å²) in [4.78, 5) is 11.8. The van der Waals surface area contributed by atoms with Gasteiger partial charge < -0.3 is 9.30 Å². The molecule has 7 heteroatoms. The second kappa shape index (κ2) is 6.57. The van der Waals surface area contributed by atoms with Crippen LogP contribution in [0.3, 0.4) is 0 Å². The van der Waals surface area contributed by atoms with Crippen LogP contribution in [0, 0.1) is 5.92 Å². The number of carbonyl (C=O) groups is 1. The van der Waals surface area contributed by atoms with E-state index in [0.29, 0.717) is 25.7 Å². The molecule has 1 aliphatic rings. The first-order valence-corrected chi connectivity index (χ1v) is 9.54. The van der Waals surface area contributed by atoms with Gasteiger partial charge in [-0.25, -0.2) is 13.1 Å². The summed E-state index contributed by atoms with van der Waals surface area (Å²) in [7, 11) is -0.250. The Hall–Kier alpha value is -1.86. The smallest absolute Gasteiger partial charge is 0.308 e. The van der Waals surface area contributed by atoms with Crippen molar-refractivity contribution in [2.75, 3.05) is 7.11 Å². The van der Waals surface area contributed by atoms with Crippen LogP contribution in [0.25, 0.3) is 10.9 Å². The molecule has 0 radical (unpaired) electrons. The van der Waals surface area contributed by atoms with E-state index in [-0.39, 0.29) is 22.8 Å². The largest absolute Gasteiger partial charge is 0.469 e. The SMILES string of the molecule is COC(=O)C1CCC(NS(=O)(=O)c2ccc3c(ccn3C)c2)CC1. The molecule has 1 heterocycles. The molecule has 1 N–H and O–H groups in total. The zero-order valence-corrected chi connectivity index (χ0v) is 14.7. The first kappa shape index (κ1) is 17.0. The van der Waals surface area contributed by atoms with E-state index in [2.05, 4.69) is 4.72 Å². The van der Waals surface area contributed by atoms with Crippen molar-refractivity contribution < 1.29 is 17.9 Å². The van der Waals surface area contributed by atoms with Crippen molar-refractivity contribution in [2.24, 2.45) is 13.0 Å². The van der Waals surface area contributed by atoms with Crippen molar-refractivity contribution >= 4 is 26.9 Å². The van der Waals surface area contributed by atoms with Gasteiger partial charge in [0, 0.05) is 30.2 Å². The Morgan fingerprint density at radius 2 is 1.92 bits per heavy atom. The van der Waals surface area contributed by atoms with Gasteiger partial charge in [0.15, 0.2) is 0 Å². The highest BCUT2D eigenvalue weighted by molar-refractivity contribution is 7.89. The van der Waals surface area contributed by atoms with E-state index >= 15 is 0 Å². The molecular formula is C17H22N2O4S. The quantitative estimate of drug-likeness (QED) is 0.858. The Labute approximate surface area is 141 Å².